The van der Waals surface area contributed by atoms with E-state index in [-0.39, 0.29) is 29.8 Å². The molecule has 4 aromatic carbocycles. The largest absolute Gasteiger partial charge is 0.457 e. The normalized spacial score (nSPS) is 10.6. The molecule has 9 heteroatoms. The van der Waals surface area contributed by atoms with E-state index < -0.39 is 5.82 Å². The third kappa shape index (κ3) is 6.31. The van der Waals surface area contributed by atoms with Crippen LogP contribution >= 0.6 is 11.6 Å². The maximum atomic E-state index is 14.6. The fourth-order valence-corrected chi connectivity index (χ4v) is 3.49. The number of benzene rings is 4. The highest BCUT2D eigenvalue weighted by Crippen LogP contribution is 2.29. The van der Waals surface area contributed by atoms with Gasteiger partial charge < -0.3 is 19.3 Å². The number of carbonyl (C=O) groups is 1. The Kier molecular flexibility index (Phi) is 7.09. The zero-order valence-electron chi connectivity index (χ0n) is 19.2. The standard InChI is InChI=1S/C28H19ClFN3O4/c29-19-7-11-23(12-8-19)36-25-15-6-18(16-24(25)30)28-32-26(33-37-28)17-27(34)31-20-9-13-22(14-10-20)35-21-4-2-1-3-5-21/h1-16H,17H2,(H,31,34). The van der Waals surface area contributed by atoms with E-state index in [4.69, 9.17) is 25.6 Å². The van der Waals surface area contributed by atoms with Gasteiger partial charge in [0.25, 0.3) is 5.89 Å². The van der Waals surface area contributed by atoms with Crippen molar-refractivity contribution >= 4 is 23.2 Å². The van der Waals surface area contributed by atoms with Gasteiger partial charge in [0.15, 0.2) is 17.4 Å². The summed E-state index contributed by atoms with van der Waals surface area (Å²) in [4.78, 5) is 16.7. The number of amides is 1. The maximum Gasteiger partial charge on any atom is 0.258 e. The van der Waals surface area contributed by atoms with Crippen molar-refractivity contribution in [2.24, 2.45) is 0 Å². The molecular formula is C28H19ClFN3O4. The number of nitrogens with zero attached hydrogens (tertiary/aromatic N) is 2. The molecule has 0 unspecified atom stereocenters. The molecule has 0 atom stereocenters. The van der Waals surface area contributed by atoms with Gasteiger partial charge in [0.05, 0.1) is 6.42 Å². The molecule has 37 heavy (non-hydrogen) atoms. The predicted octanol–water partition coefficient (Wildman–Crippen LogP) is 7.29. The molecule has 0 saturated heterocycles. The molecule has 5 aromatic rings. The van der Waals surface area contributed by atoms with Crippen LogP contribution in [0.3, 0.4) is 0 Å². The Morgan fingerprint density at radius 2 is 1.54 bits per heavy atom. The Bertz CT molecular complexity index is 1510. The molecule has 5 rings (SSSR count). The van der Waals surface area contributed by atoms with E-state index in [9.17, 15) is 9.18 Å². The first-order valence-electron chi connectivity index (χ1n) is 11.2. The van der Waals surface area contributed by atoms with Gasteiger partial charge in [-0.25, -0.2) is 4.39 Å². The van der Waals surface area contributed by atoms with Crippen molar-refractivity contribution in [1.29, 1.82) is 0 Å². The molecule has 0 radical (unpaired) electrons. The Morgan fingerprint density at radius 3 is 2.27 bits per heavy atom. The van der Waals surface area contributed by atoms with Gasteiger partial charge in [0.1, 0.15) is 17.2 Å². The molecule has 1 amide bonds. The summed E-state index contributed by atoms with van der Waals surface area (Å²) in [5.74, 6) is 1.15. The molecule has 0 aliphatic heterocycles. The third-order valence-electron chi connectivity index (χ3n) is 5.12. The van der Waals surface area contributed by atoms with Gasteiger partial charge >= 0.3 is 0 Å². The van der Waals surface area contributed by atoms with E-state index in [0.717, 1.165) is 5.75 Å². The minimum Gasteiger partial charge on any atom is -0.457 e. The lowest BCUT2D eigenvalue weighted by Crippen LogP contribution is -2.15. The first kappa shape index (κ1) is 24.0. The van der Waals surface area contributed by atoms with Gasteiger partial charge in [0.2, 0.25) is 5.91 Å². The van der Waals surface area contributed by atoms with E-state index in [1.807, 2.05) is 30.3 Å². The van der Waals surface area contributed by atoms with Crippen molar-refractivity contribution in [2.45, 2.75) is 6.42 Å². The molecule has 0 aliphatic rings. The van der Waals surface area contributed by atoms with Crippen LogP contribution in [0.5, 0.6) is 23.0 Å². The highest BCUT2D eigenvalue weighted by Gasteiger charge is 2.15. The summed E-state index contributed by atoms with van der Waals surface area (Å²) in [6.07, 6.45) is -0.119. The number of ether oxygens (including phenoxy) is 2. The van der Waals surface area contributed by atoms with Crippen LogP contribution in [-0.4, -0.2) is 16.0 Å². The Labute approximate surface area is 216 Å². The summed E-state index contributed by atoms with van der Waals surface area (Å²) in [5.41, 5.74) is 0.946. The van der Waals surface area contributed by atoms with Crippen molar-refractivity contribution in [3.8, 4) is 34.5 Å². The second-order valence-corrected chi connectivity index (χ2v) is 8.32. The molecule has 0 aliphatic carbocycles. The van der Waals surface area contributed by atoms with Crippen LogP contribution in [0.2, 0.25) is 5.02 Å². The lowest BCUT2D eigenvalue weighted by molar-refractivity contribution is -0.115. The van der Waals surface area contributed by atoms with Crippen LogP contribution in [0.4, 0.5) is 10.1 Å². The number of hydrogen-bond donors (Lipinski definition) is 1. The molecule has 1 heterocycles. The molecule has 0 fully saturated rings. The molecule has 1 aromatic heterocycles. The van der Waals surface area contributed by atoms with Gasteiger partial charge in [-0.1, -0.05) is 35.0 Å². The van der Waals surface area contributed by atoms with Crippen LogP contribution in [-0.2, 0) is 11.2 Å². The number of rotatable bonds is 8. The van der Waals surface area contributed by atoms with E-state index in [1.54, 1.807) is 54.6 Å². The van der Waals surface area contributed by atoms with Crippen LogP contribution in [0, 0.1) is 5.82 Å². The summed E-state index contributed by atoms with van der Waals surface area (Å²) < 4.78 is 31.1. The lowest BCUT2D eigenvalue weighted by Gasteiger charge is -2.07. The molecule has 0 spiro atoms. The summed E-state index contributed by atoms with van der Waals surface area (Å²) in [6.45, 7) is 0. The van der Waals surface area contributed by atoms with Crippen molar-refractivity contribution in [3.63, 3.8) is 0 Å². The second kappa shape index (κ2) is 10.9. The first-order valence-corrected chi connectivity index (χ1v) is 11.6. The van der Waals surface area contributed by atoms with Crippen LogP contribution in [0.25, 0.3) is 11.5 Å². The third-order valence-corrected chi connectivity index (χ3v) is 5.38. The molecule has 7 nitrogen and oxygen atoms in total. The fourth-order valence-electron chi connectivity index (χ4n) is 3.37. The quantitative estimate of drug-likeness (QED) is 0.233. The van der Waals surface area contributed by atoms with E-state index in [0.29, 0.717) is 27.8 Å². The second-order valence-electron chi connectivity index (χ2n) is 7.88. The topological polar surface area (TPSA) is 86.5 Å². The predicted molar refractivity (Wildman–Crippen MR) is 137 cm³/mol. The molecular weight excluding hydrogens is 497 g/mol. The number of nitrogens with one attached hydrogen (secondary N) is 1. The Morgan fingerprint density at radius 1 is 0.865 bits per heavy atom. The summed E-state index contributed by atoms with van der Waals surface area (Å²) in [7, 11) is 0. The van der Waals surface area contributed by atoms with Crippen molar-refractivity contribution < 1.29 is 23.2 Å². The first-order chi connectivity index (χ1) is 18.0. The van der Waals surface area contributed by atoms with Gasteiger partial charge in [-0.05, 0) is 78.9 Å². The maximum absolute atomic E-state index is 14.6. The number of anilines is 1. The summed E-state index contributed by atoms with van der Waals surface area (Å²) in [5, 5.41) is 7.15. The SMILES string of the molecule is O=C(Cc1noc(-c2ccc(Oc3ccc(Cl)cc3)c(F)c2)n1)Nc1ccc(Oc2ccccc2)cc1. The van der Waals surface area contributed by atoms with Crippen LogP contribution < -0.4 is 14.8 Å². The average molecular weight is 516 g/mol. The fraction of sp³-hybridized carbons (Fsp3) is 0.0357. The van der Waals surface area contributed by atoms with Crippen molar-refractivity contribution in [3.05, 3.63) is 114 Å². The number of carbonyl (C=O) groups excluding carboxylic acids is 1. The van der Waals surface area contributed by atoms with Gasteiger partial charge in [0, 0.05) is 16.3 Å². The number of para-hydroxylation sites is 1. The van der Waals surface area contributed by atoms with Gasteiger partial charge in [-0.15, -0.1) is 0 Å². The smallest absolute Gasteiger partial charge is 0.258 e. The van der Waals surface area contributed by atoms with Crippen molar-refractivity contribution in [1.82, 2.24) is 10.1 Å². The molecule has 184 valence electrons. The van der Waals surface area contributed by atoms with Gasteiger partial charge in [-0.3, -0.25) is 4.79 Å². The summed E-state index contributed by atoms with van der Waals surface area (Å²) >= 11 is 5.86. The minimum atomic E-state index is -0.607. The van der Waals surface area contributed by atoms with Crippen LogP contribution in [0.1, 0.15) is 5.82 Å². The number of halogens is 2. The van der Waals surface area contributed by atoms with Crippen molar-refractivity contribution in [2.75, 3.05) is 5.32 Å². The molecule has 1 N–H and O–H groups in total. The minimum absolute atomic E-state index is 0.0328. The summed E-state index contributed by atoms with van der Waals surface area (Å²) in [6, 6.07) is 27.2. The van der Waals surface area contributed by atoms with E-state index >= 15 is 0 Å². The lowest BCUT2D eigenvalue weighted by atomic mass is 10.2. The zero-order chi connectivity index (χ0) is 25.6. The number of hydrogen-bond acceptors (Lipinski definition) is 6. The van der Waals surface area contributed by atoms with Crippen LogP contribution in [0.15, 0.2) is 102 Å². The van der Waals surface area contributed by atoms with E-state index in [1.165, 1.54) is 12.1 Å². The molecule has 0 saturated carbocycles. The van der Waals surface area contributed by atoms with Gasteiger partial charge in [-0.2, -0.15) is 4.98 Å². The van der Waals surface area contributed by atoms with E-state index in [2.05, 4.69) is 15.5 Å². The molecule has 0 bridgehead atoms. The Hall–Kier alpha value is -4.69. The monoisotopic (exact) mass is 515 g/mol. The average Bonchev–Trinajstić information content (AvgIpc) is 3.36. The highest BCUT2D eigenvalue weighted by atomic mass is 35.5. The number of aromatic nitrogens is 2. The highest BCUT2D eigenvalue weighted by molar-refractivity contribution is 6.30. The Balaban J connectivity index is 1.18. The zero-order valence-corrected chi connectivity index (χ0v) is 20.0.